The minimum absolute atomic E-state index is 0.0381. The first kappa shape index (κ1) is 14.5. The second-order valence-electron chi connectivity index (χ2n) is 4.92. The first-order chi connectivity index (χ1) is 9.20. The topological polar surface area (TPSA) is 29.5 Å². The summed E-state index contributed by atoms with van der Waals surface area (Å²) in [6.07, 6.45) is 2.01. The third-order valence-electron chi connectivity index (χ3n) is 3.48. The molecular weight excluding hydrogens is 306 g/mol. The molecule has 3 nitrogen and oxygen atoms in total. The van der Waals surface area contributed by atoms with Gasteiger partial charge in [0.05, 0.1) is 12.5 Å². The summed E-state index contributed by atoms with van der Waals surface area (Å²) in [5, 5.41) is 0. The number of ether oxygens (including phenoxy) is 1. The maximum atomic E-state index is 11.8. The second-order valence-corrected chi connectivity index (χ2v) is 5.77. The highest BCUT2D eigenvalue weighted by Crippen LogP contribution is 2.23. The van der Waals surface area contributed by atoms with Crippen LogP contribution in [0.5, 0.6) is 0 Å². The molecule has 1 aromatic rings. The number of hydrogen-bond acceptors (Lipinski definition) is 3. The van der Waals surface area contributed by atoms with E-state index in [1.807, 2.05) is 19.1 Å². The van der Waals surface area contributed by atoms with Crippen molar-refractivity contribution in [2.45, 2.75) is 26.3 Å². The third kappa shape index (κ3) is 4.05. The molecule has 19 heavy (non-hydrogen) atoms. The van der Waals surface area contributed by atoms with Gasteiger partial charge >= 0.3 is 5.97 Å². The fourth-order valence-electron chi connectivity index (χ4n) is 2.52. The number of carbonyl (C=O) groups is 1. The molecule has 1 unspecified atom stereocenters. The van der Waals surface area contributed by atoms with E-state index in [9.17, 15) is 4.79 Å². The van der Waals surface area contributed by atoms with Crippen LogP contribution < -0.4 is 0 Å². The molecule has 1 aliphatic heterocycles. The molecule has 1 aromatic carbocycles. The van der Waals surface area contributed by atoms with Gasteiger partial charge < -0.3 is 4.74 Å². The Morgan fingerprint density at radius 2 is 2.26 bits per heavy atom. The number of carbonyl (C=O) groups excluding carboxylic acids is 1. The molecule has 4 heteroatoms. The van der Waals surface area contributed by atoms with Crippen molar-refractivity contribution in [2.24, 2.45) is 5.92 Å². The zero-order chi connectivity index (χ0) is 13.7. The van der Waals surface area contributed by atoms with E-state index in [1.165, 1.54) is 5.56 Å². The molecule has 0 amide bonds. The highest BCUT2D eigenvalue weighted by molar-refractivity contribution is 9.10. The van der Waals surface area contributed by atoms with Crippen LogP contribution >= 0.6 is 15.9 Å². The highest BCUT2D eigenvalue weighted by Gasteiger charge is 2.26. The SMILES string of the molecule is CCOC(=O)C1CCCN(Cc2ccccc2Br)C1. The van der Waals surface area contributed by atoms with E-state index in [0.717, 1.165) is 36.9 Å². The molecule has 0 spiro atoms. The summed E-state index contributed by atoms with van der Waals surface area (Å²) in [5.74, 6) is -0.00415. The third-order valence-corrected chi connectivity index (χ3v) is 4.25. The van der Waals surface area contributed by atoms with E-state index >= 15 is 0 Å². The zero-order valence-electron chi connectivity index (χ0n) is 11.3. The average molecular weight is 326 g/mol. The lowest BCUT2D eigenvalue weighted by Gasteiger charge is -2.31. The van der Waals surface area contributed by atoms with Crippen molar-refractivity contribution in [2.75, 3.05) is 19.7 Å². The summed E-state index contributed by atoms with van der Waals surface area (Å²) in [4.78, 5) is 14.1. The molecule has 0 aliphatic carbocycles. The number of piperidine rings is 1. The molecule has 0 radical (unpaired) electrons. The highest BCUT2D eigenvalue weighted by atomic mass is 79.9. The van der Waals surface area contributed by atoms with Crippen molar-refractivity contribution >= 4 is 21.9 Å². The van der Waals surface area contributed by atoms with Gasteiger partial charge in [-0.1, -0.05) is 34.1 Å². The van der Waals surface area contributed by atoms with Crippen molar-refractivity contribution in [1.82, 2.24) is 4.90 Å². The minimum Gasteiger partial charge on any atom is -0.466 e. The van der Waals surface area contributed by atoms with E-state index in [-0.39, 0.29) is 11.9 Å². The first-order valence-electron chi connectivity index (χ1n) is 6.83. The lowest BCUT2D eigenvalue weighted by molar-refractivity contribution is -0.150. The molecule has 2 rings (SSSR count). The molecule has 1 aliphatic rings. The van der Waals surface area contributed by atoms with E-state index in [0.29, 0.717) is 6.61 Å². The monoisotopic (exact) mass is 325 g/mol. The summed E-state index contributed by atoms with van der Waals surface area (Å²) in [6.45, 7) is 5.08. The van der Waals surface area contributed by atoms with Gasteiger partial charge in [-0.05, 0) is 37.9 Å². The van der Waals surface area contributed by atoms with Crippen molar-refractivity contribution < 1.29 is 9.53 Å². The Labute approximate surface area is 123 Å². The van der Waals surface area contributed by atoms with Gasteiger partial charge in [-0.25, -0.2) is 0 Å². The van der Waals surface area contributed by atoms with Gasteiger partial charge in [0.15, 0.2) is 0 Å². The Balaban J connectivity index is 1.94. The van der Waals surface area contributed by atoms with Gasteiger partial charge in [0, 0.05) is 17.6 Å². The molecule has 0 saturated carbocycles. The lowest BCUT2D eigenvalue weighted by Crippen LogP contribution is -2.39. The standard InChI is InChI=1S/C15H20BrNO2/c1-2-19-15(18)13-7-5-9-17(11-13)10-12-6-3-4-8-14(12)16/h3-4,6,8,13H,2,5,7,9-11H2,1H3. The number of halogens is 1. The van der Waals surface area contributed by atoms with E-state index in [2.05, 4.69) is 33.0 Å². The van der Waals surface area contributed by atoms with E-state index in [1.54, 1.807) is 0 Å². The average Bonchev–Trinajstić information content (AvgIpc) is 2.42. The lowest BCUT2D eigenvalue weighted by atomic mass is 9.98. The molecule has 1 atom stereocenters. The van der Waals surface area contributed by atoms with Crippen LogP contribution in [0.1, 0.15) is 25.3 Å². The zero-order valence-corrected chi connectivity index (χ0v) is 12.9. The summed E-state index contributed by atoms with van der Waals surface area (Å²) in [6, 6.07) is 8.25. The number of benzene rings is 1. The summed E-state index contributed by atoms with van der Waals surface area (Å²) in [7, 11) is 0. The van der Waals surface area contributed by atoms with Crippen LogP contribution in [0, 0.1) is 5.92 Å². The van der Waals surface area contributed by atoms with Crippen molar-refractivity contribution in [3.63, 3.8) is 0 Å². The predicted octanol–water partition coefficient (Wildman–Crippen LogP) is 3.22. The van der Waals surface area contributed by atoms with Gasteiger partial charge in [-0.2, -0.15) is 0 Å². The molecule has 0 aromatic heterocycles. The molecule has 1 fully saturated rings. The molecule has 0 bridgehead atoms. The number of nitrogens with zero attached hydrogens (tertiary/aromatic N) is 1. The maximum Gasteiger partial charge on any atom is 0.310 e. The minimum atomic E-state index is -0.0423. The van der Waals surface area contributed by atoms with Crippen LogP contribution in [0.3, 0.4) is 0 Å². The van der Waals surface area contributed by atoms with Crippen LogP contribution in [0.4, 0.5) is 0 Å². The molecular formula is C15H20BrNO2. The number of likely N-dealkylation sites (tertiary alicyclic amines) is 1. The Hall–Kier alpha value is -0.870. The molecule has 0 N–H and O–H groups in total. The number of rotatable bonds is 4. The van der Waals surface area contributed by atoms with Gasteiger partial charge in [-0.3, -0.25) is 9.69 Å². The van der Waals surface area contributed by atoms with Gasteiger partial charge in [0.25, 0.3) is 0 Å². The van der Waals surface area contributed by atoms with Crippen LogP contribution in [-0.4, -0.2) is 30.6 Å². The Morgan fingerprint density at radius 1 is 1.47 bits per heavy atom. The molecule has 1 heterocycles. The Bertz CT molecular complexity index is 436. The predicted molar refractivity (Wildman–Crippen MR) is 78.8 cm³/mol. The Kier molecular flexibility index (Phi) is 5.40. The van der Waals surface area contributed by atoms with E-state index in [4.69, 9.17) is 4.74 Å². The Morgan fingerprint density at radius 3 is 3.00 bits per heavy atom. The van der Waals surface area contributed by atoms with Crippen molar-refractivity contribution in [3.05, 3.63) is 34.3 Å². The number of hydrogen-bond donors (Lipinski definition) is 0. The maximum absolute atomic E-state index is 11.8. The van der Waals surface area contributed by atoms with Crippen LogP contribution in [0.25, 0.3) is 0 Å². The molecule has 104 valence electrons. The summed E-state index contributed by atoms with van der Waals surface area (Å²) >= 11 is 3.57. The fourth-order valence-corrected chi connectivity index (χ4v) is 2.93. The summed E-state index contributed by atoms with van der Waals surface area (Å²) < 4.78 is 6.26. The van der Waals surface area contributed by atoms with Crippen LogP contribution in [0.15, 0.2) is 28.7 Å². The van der Waals surface area contributed by atoms with Gasteiger partial charge in [-0.15, -0.1) is 0 Å². The van der Waals surface area contributed by atoms with Crippen molar-refractivity contribution in [1.29, 1.82) is 0 Å². The quantitative estimate of drug-likeness (QED) is 0.796. The smallest absolute Gasteiger partial charge is 0.310 e. The first-order valence-corrected chi connectivity index (χ1v) is 7.62. The second kappa shape index (κ2) is 7.06. The van der Waals surface area contributed by atoms with Crippen molar-refractivity contribution in [3.8, 4) is 0 Å². The fraction of sp³-hybridized carbons (Fsp3) is 0.533. The summed E-state index contributed by atoms with van der Waals surface area (Å²) in [5.41, 5.74) is 1.27. The van der Waals surface area contributed by atoms with Crippen LogP contribution in [0.2, 0.25) is 0 Å². The van der Waals surface area contributed by atoms with Gasteiger partial charge in [0.1, 0.15) is 0 Å². The molecule has 1 saturated heterocycles. The van der Waals surface area contributed by atoms with Gasteiger partial charge in [0.2, 0.25) is 0 Å². The normalized spacial score (nSPS) is 20.2. The number of esters is 1. The van der Waals surface area contributed by atoms with E-state index < -0.39 is 0 Å². The van der Waals surface area contributed by atoms with Crippen LogP contribution in [-0.2, 0) is 16.1 Å². The largest absolute Gasteiger partial charge is 0.466 e.